The Kier molecular flexibility index (Phi) is 5.31. The first-order valence-electron chi connectivity index (χ1n) is 7.08. The van der Waals surface area contributed by atoms with Crippen molar-refractivity contribution < 1.29 is 4.74 Å². The summed E-state index contributed by atoms with van der Waals surface area (Å²) in [6, 6.07) is 7.90. The lowest BCUT2D eigenvalue weighted by molar-refractivity contribution is 0.410. The molecule has 21 heavy (non-hydrogen) atoms. The lowest BCUT2D eigenvalue weighted by atomic mass is 10.2. The number of benzene rings is 1. The molecule has 112 valence electrons. The van der Waals surface area contributed by atoms with Crippen LogP contribution in [0.5, 0.6) is 5.75 Å². The highest BCUT2D eigenvalue weighted by Crippen LogP contribution is 2.18. The summed E-state index contributed by atoms with van der Waals surface area (Å²) >= 11 is 0. The average Bonchev–Trinajstić information content (AvgIpc) is 2.55. The van der Waals surface area contributed by atoms with E-state index >= 15 is 0 Å². The maximum atomic E-state index is 5.33. The summed E-state index contributed by atoms with van der Waals surface area (Å²) in [4.78, 5) is 6.54. The van der Waals surface area contributed by atoms with Crippen LogP contribution in [0.2, 0.25) is 0 Å². The van der Waals surface area contributed by atoms with Crippen molar-refractivity contribution in [1.29, 1.82) is 0 Å². The van der Waals surface area contributed by atoms with E-state index in [0.717, 1.165) is 24.4 Å². The molecule has 1 N–H and O–H groups in total. The van der Waals surface area contributed by atoms with E-state index in [1.165, 1.54) is 0 Å². The van der Waals surface area contributed by atoms with Crippen LogP contribution in [0.25, 0.3) is 0 Å². The van der Waals surface area contributed by atoms with E-state index in [9.17, 15) is 0 Å². The number of anilines is 2. The van der Waals surface area contributed by atoms with E-state index in [4.69, 9.17) is 4.74 Å². The van der Waals surface area contributed by atoms with Gasteiger partial charge in [0, 0.05) is 25.2 Å². The van der Waals surface area contributed by atoms with Gasteiger partial charge < -0.3 is 15.0 Å². The Morgan fingerprint density at radius 1 is 1.19 bits per heavy atom. The molecule has 1 aromatic heterocycles. The summed E-state index contributed by atoms with van der Waals surface area (Å²) in [5.41, 5.74) is 1.07. The van der Waals surface area contributed by atoms with Gasteiger partial charge in [-0.1, -0.05) is 18.2 Å². The lowest BCUT2D eigenvalue weighted by Crippen LogP contribution is -2.24. The van der Waals surface area contributed by atoms with Crippen LogP contribution in [0.4, 0.5) is 11.8 Å². The van der Waals surface area contributed by atoms with Crippen molar-refractivity contribution in [3.63, 3.8) is 0 Å². The molecule has 0 spiro atoms. The number of aromatic nitrogens is 3. The standard InChI is InChI=1S/C15H21N5O/c1-4-20(5-2)15-18-14(11-17-19-15)16-10-12-8-6-7-9-13(12)21-3/h6-9,11H,4-5,10H2,1-3H3,(H,16,18,19). The van der Waals surface area contributed by atoms with Crippen molar-refractivity contribution in [2.75, 3.05) is 30.4 Å². The molecule has 0 aliphatic carbocycles. The second-order valence-electron chi connectivity index (χ2n) is 4.48. The number of methoxy groups -OCH3 is 1. The van der Waals surface area contributed by atoms with Gasteiger partial charge in [0.2, 0.25) is 5.95 Å². The Balaban J connectivity index is 2.08. The van der Waals surface area contributed by atoms with Crippen LogP contribution >= 0.6 is 0 Å². The number of hydrogen-bond acceptors (Lipinski definition) is 6. The first-order valence-corrected chi connectivity index (χ1v) is 7.08. The topological polar surface area (TPSA) is 63.2 Å². The molecular weight excluding hydrogens is 266 g/mol. The van der Waals surface area contributed by atoms with E-state index < -0.39 is 0 Å². The maximum Gasteiger partial charge on any atom is 0.247 e. The number of para-hydroxylation sites is 1. The van der Waals surface area contributed by atoms with Gasteiger partial charge in [-0.15, -0.1) is 5.10 Å². The number of rotatable bonds is 7. The molecule has 0 saturated heterocycles. The van der Waals surface area contributed by atoms with Crippen molar-refractivity contribution in [3.8, 4) is 5.75 Å². The molecule has 0 fully saturated rings. The second-order valence-corrected chi connectivity index (χ2v) is 4.48. The minimum Gasteiger partial charge on any atom is -0.496 e. The molecule has 0 unspecified atom stereocenters. The van der Waals surface area contributed by atoms with E-state index in [1.807, 2.05) is 24.3 Å². The first-order chi connectivity index (χ1) is 10.3. The molecule has 0 saturated carbocycles. The highest BCUT2D eigenvalue weighted by molar-refractivity contribution is 5.41. The Labute approximate surface area is 125 Å². The van der Waals surface area contributed by atoms with Crippen molar-refractivity contribution in [3.05, 3.63) is 36.0 Å². The van der Waals surface area contributed by atoms with Crippen LogP contribution < -0.4 is 15.0 Å². The zero-order chi connectivity index (χ0) is 15.1. The average molecular weight is 287 g/mol. The molecule has 0 aliphatic heterocycles. The van der Waals surface area contributed by atoms with Crippen molar-refractivity contribution in [2.45, 2.75) is 20.4 Å². The zero-order valence-electron chi connectivity index (χ0n) is 12.7. The largest absolute Gasteiger partial charge is 0.496 e. The molecule has 0 radical (unpaired) electrons. The van der Waals surface area contributed by atoms with Gasteiger partial charge in [0.25, 0.3) is 0 Å². The highest BCUT2D eigenvalue weighted by Gasteiger charge is 2.07. The lowest BCUT2D eigenvalue weighted by Gasteiger charge is -2.18. The molecular formula is C15H21N5O. The SMILES string of the molecule is CCN(CC)c1nncc(NCc2ccccc2OC)n1. The van der Waals surface area contributed by atoms with Gasteiger partial charge >= 0.3 is 0 Å². The van der Waals surface area contributed by atoms with Gasteiger partial charge in [-0.3, -0.25) is 0 Å². The van der Waals surface area contributed by atoms with Crippen LogP contribution in [0.15, 0.2) is 30.5 Å². The third kappa shape index (κ3) is 3.81. The van der Waals surface area contributed by atoms with E-state index in [-0.39, 0.29) is 0 Å². The van der Waals surface area contributed by atoms with Gasteiger partial charge in [-0.25, -0.2) is 0 Å². The van der Waals surface area contributed by atoms with Gasteiger partial charge in [0.15, 0.2) is 5.82 Å². The maximum absolute atomic E-state index is 5.33. The van der Waals surface area contributed by atoms with Gasteiger partial charge in [0.1, 0.15) is 5.75 Å². The Morgan fingerprint density at radius 3 is 2.67 bits per heavy atom. The van der Waals surface area contributed by atoms with E-state index in [0.29, 0.717) is 18.3 Å². The monoisotopic (exact) mass is 287 g/mol. The molecule has 0 aliphatic rings. The molecule has 6 nitrogen and oxygen atoms in total. The highest BCUT2D eigenvalue weighted by atomic mass is 16.5. The van der Waals surface area contributed by atoms with Crippen LogP contribution in [0.1, 0.15) is 19.4 Å². The molecule has 0 amide bonds. The normalized spacial score (nSPS) is 10.2. The first kappa shape index (κ1) is 15.0. The smallest absolute Gasteiger partial charge is 0.247 e. The molecule has 0 bridgehead atoms. The van der Waals surface area contributed by atoms with Crippen molar-refractivity contribution in [2.24, 2.45) is 0 Å². The summed E-state index contributed by atoms with van der Waals surface area (Å²) in [5.74, 6) is 2.21. The van der Waals surface area contributed by atoms with Gasteiger partial charge in [-0.05, 0) is 19.9 Å². The third-order valence-corrected chi connectivity index (χ3v) is 3.25. The summed E-state index contributed by atoms with van der Waals surface area (Å²) in [7, 11) is 1.67. The van der Waals surface area contributed by atoms with Crippen LogP contribution in [-0.2, 0) is 6.54 Å². The third-order valence-electron chi connectivity index (χ3n) is 3.25. The number of hydrogen-bond donors (Lipinski definition) is 1. The fraction of sp³-hybridized carbons (Fsp3) is 0.400. The van der Waals surface area contributed by atoms with E-state index in [2.05, 4.69) is 39.2 Å². The minimum atomic E-state index is 0.625. The summed E-state index contributed by atoms with van der Waals surface area (Å²) in [6.07, 6.45) is 1.63. The summed E-state index contributed by atoms with van der Waals surface area (Å²) in [6.45, 7) is 6.48. The van der Waals surface area contributed by atoms with Crippen LogP contribution in [0.3, 0.4) is 0 Å². The van der Waals surface area contributed by atoms with Gasteiger partial charge in [0.05, 0.1) is 13.3 Å². The van der Waals surface area contributed by atoms with Crippen molar-refractivity contribution in [1.82, 2.24) is 15.2 Å². The quantitative estimate of drug-likeness (QED) is 0.843. The number of nitrogens with zero attached hydrogens (tertiary/aromatic N) is 4. The fourth-order valence-corrected chi connectivity index (χ4v) is 2.05. The van der Waals surface area contributed by atoms with Crippen LogP contribution in [0, 0.1) is 0 Å². The molecule has 1 aromatic carbocycles. The Hall–Kier alpha value is -2.37. The molecule has 2 aromatic rings. The fourth-order valence-electron chi connectivity index (χ4n) is 2.05. The summed E-state index contributed by atoms with van der Waals surface area (Å²) < 4.78 is 5.33. The molecule has 2 rings (SSSR count). The Morgan fingerprint density at radius 2 is 1.95 bits per heavy atom. The molecule has 0 atom stereocenters. The number of ether oxygens (including phenoxy) is 1. The second kappa shape index (κ2) is 7.42. The van der Waals surface area contributed by atoms with Crippen LogP contribution in [-0.4, -0.2) is 35.4 Å². The summed E-state index contributed by atoms with van der Waals surface area (Å²) in [5, 5.41) is 11.3. The predicted octanol–water partition coefficient (Wildman–Crippen LogP) is 2.34. The van der Waals surface area contributed by atoms with Gasteiger partial charge in [-0.2, -0.15) is 10.1 Å². The number of nitrogens with one attached hydrogen (secondary N) is 1. The molecule has 1 heterocycles. The minimum absolute atomic E-state index is 0.625. The predicted molar refractivity (Wildman–Crippen MR) is 83.7 cm³/mol. The van der Waals surface area contributed by atoms with E-state index in [1.54, 1.807) is 13.3 Å². The Bertz CT molecular complexity index is 571. The zero-order valence-corrected chi connectivity index (χ0v) is 12.7. The van der Waals surface area contributed by atoms with Crippen molar-refractivity contribution >= 4 is 11.8 Å². The molecule has 6 heteroatoms.